The SMILES string of the molecule is CC(C)[C@H](N)C(=O)NCC(=O)N[C@@H](Cc1ccc(O)cc1)C(=O)O. The van der Waals surface area contributed by atoms with Gasteiger partial charge in [-0.2, -0.15) is 0 Å². The molecule has 2 amide bonds. The predicted octanol–water partition coefficient (Wildman–Crippen LogP) is -0.396. The minimum atomic E-state index is -1.19. The molecule has 0 aliphatic rings. The van der Waals surface area contributed by atoms with Crippen molar-refractivity contribution in [2.24, 2.45) is 11.7 Å². The zero-order valence-electron chi connectivity index (χ0n) is 13.7. The molecule has 0 heterocycles. The Kier molecular flexibility index (Phi) is 7.19. The van der Waals surface area contributed by atoms with Gasteiger partial charge in [0.15, 0.2) is 0 Å². The van der Waals surface area contributed by atoms with E-state index in [1.54, 1.807) is 26.0 Å². The number of amides is 2. The van der Waals surface area contributed by atoms with Crippen molar-refractivity contribution in [1.82, 2.24) is 10.6 Å². The highest BCUT2D eigenvalue weighted by Gasteiger charge is 2.22. The number of carbonyl (C=O) groups is 3. The number of benzene rings is 1. The van der Waals surface area contributed by atoms with E-state index < -0.39 is 29.9 Å². The molecule has 2 atom stereocenters. The maximum atomic E-state index is 11.8. The summed E-state index contributed by atoms with van der Waals surface area (Å²) in [5.74, 6) is -2.29. The molecule has 0 saturated carbocycles. The van der Waals surface area contributed by atoms with Crippen LogP contribution >= 0.6 is 0 Å². The van der Waals surface area contributed by atoms with Crippen LogP contribution in [0.3, 0.4) is 0 Å². The molecule has 6 N–H and O–H groups in total. The van der Waals surface area contributed by atoms with Crippen LogP contribution in [0.15, 0.2) is 24.3 Å². The number of hydrogen-bond donors (Lipinski definition) is 5. The lowest BCUT2D eigenvalue weighted by Gasteiger charge is -2.17. The number of aromatic hydroxyl groups is 1. The van der Waals surface area contributed by atoms with Gasteiger partial charge in [-0.1, -0.05) is 26.0 Å². The van der Waals surface area contributed by atoms with Gasteiger partial charge in [0.1, 0.15) is 11.8 Å². The van der Waals surface area contributed by atoms with Crippen molar-refractivity contribution in [3.8, 4) is 5.75 Å². The van der Waals surface area contributed by atoms with Gasteiger partial charge < -0.3 is 26.6 Å². The van der Waals surface area contributed by atoms with E-state index in [1.165, 1.54) is 12.1 Å². The van der Waals surface area contributed by atoms with Crippen LogP contribution in [0.5, 0.6) is 5.75 Å². The average Bonchev–Trinajstić information content (AvgIpc) is 2.52. The van der Waals surface area contributed by atoms with Crippen molar-refractivity contribution in [3.63, 3.8) is 0 Å². The number of phenols is 1. The fourth-order valence-corrected chi connectivity index (χ4v) is 1.90. The number of carboxylic acid groups (broad SMARTS) is 1. The topological polar surface area (TPSA) is 142 Å². The van der Waals surface area contributed by atoms with E-state index in [0.717, 1.165) is 0 Å². The summed E-state index contributed by atoms with van der Waals surface area (Å²) in [7, 11) is 0. The Bertz CT molecular complexity index is 586. The molecule has 0 saturated heterocycles. The van der Waals surface area contributed by atoms with Crippen LogP contribution in [0, 0.1) is 5.92 Å². The lowest BCUT2D eigenvalue weighted by molar-refractivity contribution is -0.141. The van der Waals surface area contributed by atoms with Gasteiger partial charge in [0, 0.05) is 6.42 Å². The molecule has 0 unspecified atom stereocenters. The quantitative estimate of drug-likeness (QED) is 0.437. The van der Waals surface area contributed by atoms with E-state index in [2.05, 4.69) is 10.6 Å². The van der Waals surface area contributed by atoms with Gasteiger partial charge in [0.05, 0.1) is 12.6 Å². The zero-order valence-corrected chi connectivity index (χ0v) is 13.7. The van der Waals surface area contributed by atoms with Crippen molar-refractivity contribution in [2.75, 3.05) is 6.54 Å². The fourth-order valence-electron chi connectivity index (χ4n) is 1.90. The van der Waals surface area contributed by atoms with E-state index in [4.69, 9.17) is 5.73 Å². The first-order valence-corrected chi connectivity index (χ1v) is 7.54. The second kappa shape index (κ2) is 8.88. The second-order valence-electron chi connectivity index (χ2n) is 5.82. The molecule has 0 radical (unpaired) electrons. The minimum Gasteiger partial charge on any atom is -0.508 e. The monoisotopic (exact) mass is 337 g/mol. The van der Waals surface area contributed by atoms with Crippen molar-refractivity contribution in [2.45, 2.75) is 32.4 Å². The predicted molar refractivity (Wildman–Crippen MR) is 87.2 cm³/mol. The number of nitrogens with two attached hydrogens (primary N) is 1. The smallest absolute Gasteiger partial charge is 0.326 e. The summed E-state index contributed by atoms with van der Waals surface area (Å²) in [6, 6.07) is 4.14. The fraction of sp³-hybridized carbons (Fsp3) is 0.438. The summed E-state index contributed by atoms with van der Waals surface area (Å²) in [6.45, 7) is 3.21. The van der Waals surface area contributed by atoms with Crippen LogP contribution in [0.2, 0.25) is 0 Å². The van der Waals surface area contributed by atoms with Crippen LogP contribution in [0.4, 0.5) is 0 Å². The summed E-state index contributed by atoms with van der Waals surface area (Å²) < 4.78 is 0. The van der Waals surface area contributed by atoms with Crippen molar-refractivity contribution in [1.29, 1.82) is 0 Å². The Morgan fingerprint density at radius 3 is 2.25 bits per heavy atom. The zero-order chi connectivity index (χ0) is 18.3. The number of carboxylic acids is 1. The number of rotatable bonds is 8. The Labute approximate surface area is 140 Å². The first-order chi connectivity index (χ1) is 11.2. The van der Waals surface area contributed by atoms with Crippen molar-refractivity contribution in [3.05, 3.63) is 29.8 Å². The molecular formula is C16H23N3O5. The average molecular weight is 337 g/mol. The molecule has 8 heteroatoms. The summed E-state index contributed by atoms with van der Waals surface area (Å²) in [4.78, 5) is 34.8. The maximum Gasteiger partial charge on any atom is 0.326 e. The highest BCUT2D eigenvalue weighted by atomic mass is 16.4. The van der Waals surface area contributed by atoms with Gasteiger partial charge in [-0.15, -0.1) is 0 Å². The molecular weight excluding hydrogens is 314 g/mol. The molecule has 0 aromatic heterocycles. The van der Waals surface area contributed by atoms with Gasteiger partial charge in [-0.3, -0.25) is 9.59 Å². The highest BCUT2D eigenvalue weighted by molar-refractivity contribution is 5.89. The van der Waals surface area contributed by atoms with E-state index >= 15 is 0 Å². The van der Waals surface area contributed by atoms with Gasteiger partial charge in [-0.25, -0.2) is 4.79 Å². The van der Waals surface area contributed by atoms with Crippen LogP contribution in [0.25, 0.3) is 0 Å². The molecule has 0 bridgehead atoms. The minimum absolute atomic E-state index is 0.0564. The van der Waals surface area contributed by atoms with Crippen molar-refractivity contribution < 1.29 is 24.6 Å². The van der Waals surface area contributed by atoms with Gasteiger partial charge in [0.2, 0.25) is 11.8 Å². The Morgan fingerprint density at radius 1 is 1.17 bits per heavy atom. The maximum absolute atomic E-state index is 11.8. The Balaban J connectivity index is 2.55. The Morgan fingerprint density at radius 2 is 1.75 bits per heavy atom. The van der Waals surface area contributed by atoms with E-state index in [9.17, 15) is 24.6 Å². The molecule has 1 aromatic rings. The number of carbonyl (C=O) groups excluding carboxylic acids is 2. The molecule has 1 rings (SSSR count). The largest absolute Gasteiger partial charge is 0.508 e. The number of phenolic OH excluding ortho intramolecular Hbond substituents is 1. The number of hydrogen-bond acceptors (Lipinski definition) is 5. The summed E-state index contributed by atoms with van der Waals surface area (Å²) in [6.07, 6.45) is 0.0564. The van der Waals surface area contributed by atoms with Gasteiger partial charge in [-0.05, 0) is 23.6 Å². The number of nitrogens with one attached hydrogen (secondary N) is 2. The van der Waals surface area contributed by atoms with E-state index in [1.807, 2.05) is 0 Å². The summed E-state index contributed by atoms with van der Waals surface area (Å²) >= 11 is 0. The third kappa shape index (κ3) is 6.25. The molecule has 0 aliphatic carbocycles. The second-order valence-corrected chi connectivity index (χ2v) is 5.82. The van der Waals surface area contributed by atoms with Gasteiger partial charge in [0.25, 0.3) is 0 Å². The molecule has 1 aromatic carbocycles. The Hall–Kier alpha value is -2.61. The van der Waals surface area contributed by atoms with Crippen LogP contribution in [-0.2, 0) is 20.8 Å². The molecule has 0 fully saturated rings. The highest BCUT2D eigenvalue weighted by Crippen LogP contribution is 2.11. The molecule has 132 valence electrons. The lowest BCUT2D eigenvalue weighted by atomic mass is 10.0. The normalized spacial score (nSPS) is 13.2. The molecule has 24 heavy (non-hydrogen) atoms. The standard InChI is InChI=1S/C16H23N3O5/c1-9(2)14(17)15(22)18-8-13(21)19-12(16(23)24)7-10-3-5-11(20)6-4-10/h3-6,9,12,14,20H,7-8,17H2,1-2H3,(H,18,22)(H,19,21)(H,23,24)/t12-,14-/m0/s1. The molecule has 8 nitrogen and oxygen atoms in total. The summed E-state index contributed by atoms with van der Waals surface area (Å²) in [5, 5.41) is 23.1. The molecule has 0 spiro atoms. The summed E-state index contributed by atoms with van der Waals surface area (Å²) in [5.41, 5.74) is 6.30. The third-order valence-electron chi connectivity index (χ3n) is 3.45. The third-order valence-corrected chi connectivity index (χ3v) is 3.45. The lowest BCUT2D eigenvalue weighted by Crippen LogP contribution is -2.50. The van der Waals surface area contributed by atoms with E-state index in [0.29, 0.717) is 5.56 Å². The van der Waals surface area contributed by atoms with Crippen LogP contribution in [0.1, 0.15) is 19.4 Å². The molecule has 0 aliphatic heterocycles. The van der Waals surface area contributed by atoms with Crippen LogP contribution < -0.4 is 16.4 Å². The van der Waals surface area contributed by atoms with Crippen molar-refractivity contribution >= 4 is 17.8 Å². The van der Waals surface area contributed by atoms with Gasteiger partial charge >= 0.3 is 5.97 Å². The van der Waals surface area contributed by atoms with E-state index in [-0.39, 0.29) is 24.6 Å². The van der Waals surface area contributed by atoms with Crippen LogP contribution in [-0.4, -0.2) is 46.6 Å². The first kappa shape index (κ1) is 19.4. The number of aliphatic carboxylic acids is 1. The first-order valence-electron chi connectivity index (χ1n) is 7.54.